The molecule has 2 aromatic carbocycles. The third-order valence-corrected chi connectivity index (χ3v) is 4.70. The summed E-state index contributed by atoms with van der Waals surface area (Å²) in [6.07, 6.45) is 2.62. The first kappa shape index (κ1) is 18.9. The summed E-state index contributed by atoms with van der Waals surface area (Å²) in [6, 6.07) is 15.3. The number of benzene rings is 2. The molecule has 6 heteroatoms. The summed E-state index contributed by atoms with van der Waals surface area (Å²) in [5, 5.41) is 3.42. The third kappa shape index (κ3) is 5.08. The lowest BCUT2D eigenvalue weighted by Gasteiger charge is -2.14. The van der Waals surface area contributed by atoms with Crippen LogP contribution in [-0.2, 0) is 6.42 Å². The molecule has 1 heterocycles. The summed E-state index contributed by atoms with van der Waals surface area (Å²) in [5.41, 5.74) is 1.70. The normalized spacial score (nSPS) is 10.7. The van der Waals surface area contributed by atoms with Gasteiger partial charge in [-0.1, -0.05) is 30.3 Å². The Morgan fingerprint density at radius 2 is 1.93 bits per heavy atom. The van der Waals surface area contributed by atoms with Crippen molar-refractivity contribution in [2.45, 2.75) is 26.4 Å². The van der Waals surface area contributed by atoms with Gasteiger partial charge in [-0.05, 0) is 37.6 Å². The number of aromatic nitrogens is 1. The maximum atomic E-state index is 12.5. The van der Waals surface area contributed by atoms with Gasteiger partial charge in [0.2, 0.25) is 0 Å². The minimum atomic E-state index is -0.231. The Labute approximate surface area is 163 Å². The molecule has 0 atom stereocenters. The van der Waals surface area contributed by atoms with Crippen molar-refractivity contribution >= 4 is 22.4 Å². The number of thiazole rings is 1. The van der Waals surface area contributed by atoms with E-state index in [1.807, 2.05) is 32.0 Å². The van der Waals surface area contributed by atoms with Gasteiger partial charge in [0, 0.05) is 23.1 Å². The number of methoxy groups -OCH3 is 1. The maximum Gasteiger partial charge on any atom is 0.257 e. The van der Waals surface area contributed by atoms with Crippen LogP contribution in [0.5, 0.6) is 11.5 Å². The molecule has 1 N–H and O–H groups in total. The molecule has 0 aliphatic rings. The highest BCUT2D eigenvalue weighted by atomic mass is 32.1. The summed E-state index contributed by atoms with van der Waals surface area (Å²) in [5.74, 6) is 0.911. The van der Waals surface area contributed by atoms with Crippen LogP contribution in [0.15, 0.2) is 54.7 Å². The predicted molar refractivity (Wildman–Crippen MR) is 108 cm³/mol. The van der Waals surface area contributed by atoms with Crippen LogP contribution in [0.4, 0.5) is 5.13 Å². The van der Waals surface area contributed by atoms with Gasteiger partial charge in [-0.3, -0.25) is 10.1 Å². The molecule has 0 fully saturated rings. The van der Waals surface area contributed by atoms with Crippen molar-refractivity contribution < 1.29 is 14.3 Å². The van der Waals surface area contributed by atoms with Gasteiger partial charge >= 0.3 is 0 Å². The highest BCUT2D eigenvalue weighted by Gasteiger charge is 2.14. The number of rotatable bonds is 7. The van der Waals surface area contributed by atoms with E-state index in [0.717, 1.165) is 11.3 Å². The average Bonchev–Trinajstić information content (AvgIpc) is 3.09. The first-order valence-corrected chi connectivity index (χ1v) is 9.51. The van der Waals surface area contributed by atoms with Crippen molar-refractivity contribution in [3.8, 4) is 11.5 Å². The lowest BCUT2D eigenvalue weighted by atomic mass is 10.1. The highest BCUT2D eigenvalue weighted by molar-refractivity contribution is 7.15. The second-order valence-corrected chi connectivity index (χ2v) is 7.40. The molecule has 0 aliphatic carbocycles. The Balaban J connectivity index is 1.68. The molecule has 0 spiro atoms. The first-order valence-electron chi connectivity index (χ1n) is 8.70. The lowest BCUT2D eigenvalue weighted by molar-refractivity contribution is 0.102. The standard InChI is InChI=1S/C21H22N2O3S/c1-14(2)26-18-10-9-16(12-19(18)25-3)20(24)23-21-22-13-17(27-21)11-15-7-5-4-6-8-15/h4-10,12-14H,11H2,1-3H3,(H,22,23,24). The molecule has 0 unspecified atom stereocenters. The van der Waals surface area contributed by atoms with Gasteiger partial charge in [0.05, 0.1) is 13.2 Å². The molecule has 3 aromatic rings. The van der Waals surface area contributed by atoms with Crippen LogP contribution in [0.2, 0.25) is 0 Å². The molecule has 3 rings (SSSR count). The van der Waals surface area contributed by atoms with Crippen LogP contribution in [0.25, 0.3) is 0 Å². The molecule has 27 heavy (non-hydrogen) atoms. The molecular weight excluding hydrogens is 360 g/mol. The van der Waals surface area contributed by atoms with Gasteiger partial charge in [-0.2, -0.15) is 0 Å². The van der Waals surface area contributed by atoms with Crippen LogP contribution in [-0.4, -0.2) is 24.1 Å². The van der Waals surface area contributed by atoms with Crippen molar-refractivity contribution in [1.82, 2.24) is 4.98 Å². The van der Waals surface area contributed by atoms with Gasteiger partial charge in [0.25, 0.3) is 5.91 Å². The van der Waals surface area contributed by atoms with Gasteiger partial charge in [0.1, 0.15) is 0 Å². The van der Waals surface area contributed by atoms with E-state index in [-0.39, 0.29) is 12.0 Å². The van der Waals surface area contributed by atoms with Crippen molar-refractivity contribution in [2.24, 2.45) is 0 Å². The number of carbonyl (C=O) groups is 1. The third-order valence-electron chi connectivity index (χ3n) is 3.78. The van der Waals surface area contributed by atoms with Crippen molar-refractivity contribution in [1.29, 1.82) is 0 Å². The summed E-state index contributed by atoms with van der Waals surface area (Å²) in [7, 11) is 1.56. The molecule has 0 saturated heterocycles. The molecule has 140 valence electrons. The Morgan fingerprint density at radius 3 is 2.63 bits per heavy atom. The Hall–Kier alpha value is -2.86. The fourth-order valence-electron chi connectivity index (χ4n) is 2.57. The number of nitrogens with zero attached hydrogens (tertiary/aromatic N) is 1. The fraction of sp³-hybridized carbons (Fsp3) is 0.238. The molecule has 0 saturated carbocycles. The second-order valence-electron chi connectivity index (χ2n) is 6.28. The zero-order valence-corrected chi connectivity index (χ0v) is 16.4. The molecule has 0 aliphatic heterocycles. The molecule has 0 radical (unpaired) electrons. The van der Waals surface area contributed by atoms with Crippen molar-refractivity contribution in [2.75, 3.05) is 12.4 Å². The predicted octanol–water partition coefficient (Wildman–Crippen LogP) is 4.78. The summed E-state index contributed by atoms with van der Waals surface area (Å²) < 4.78 is 11.0. The molecular formula is C21H22N2O3S. The summed E-state index contributed by atoms with van der Waals surface area (Å²) in [4.78, 5) is 17.9. The Bertz CT molecular complexity index is 907. The fourth-order valence-corrected chi connectivity index (χ4v) is 3.42. The van der Waals surface area contributed by atoms with Gasteiger partial charge in [0.15, 0.2) is 16.6 Å². The summed E-state index contributed by atoms with van der Waals surface area (Å²) >= 11 is 1.47. The van der Waals surface area contributed by atoms with Crippen LogP contribution >= 0.6 is 11.3 Å². The van der Waals surface area contributed by atoms with Gasteiger partial charge in [-0.25, -0.2) is 4.98 Å². The zero-order chi connectivity index (χ0) is 19.2. The van der Waals surface area contributed by atoms with E-state index in [0.29, 0.717) is 22.2 Å². The van der Waals surface area contributed by atoms with Crippen LogP contribution < -0.4 is 14.8 Å². The average molecular weight is 382 g/mol. The van der Waals surface area contributed by atoms with Gasteiger partial charge < -0.3 is 9.47 Å². The molecule has 0 bridgehead atoms. The van der Waals surface area contributed by atoms with Crippen molar-refractivity contribution in [3.63, 3.8) is 0 Å². The van der Waals surface area contributed by atoms with E-state index in [9.17, 15) is 4.79 Å². The van der Waals surface area contributed by atoms with Gasteiger partial charge in [-0.15, -0.1) is 11.3 Å². The molecule has 5 nitrogen and oxygen atoms in total. The quantitative estimate of drug-likeness (QED) is 0.639. The monoisotopic (exact) mass is 382 g/mol. The maximum absolute atomic E-state index is 12.5. The van der Waals surface area contributed by atoms with Crippen LogP contribution in [0.1, 0.15) is 34.6 Å². The number of anilines is 1. The number of amides is 1. The Morgan fingerprint density at radius 1 is 1.15 bits per heavy atom. The second kappa shape index (κ2) is 8.68. The smallest absolute Gasteiger partial charge is 0.257 e. The van der Waals surface area contributed by atoms with Crippen LogP contribution in [0, 0.1) is 0 Å². The van der Waals surface area contributed by atoms with E-state index in [2.05, 4.69) is 22.4 Å². The minimum absolute atomic E-state index is 0.0249. The van der Waals surface area contributed by atoms with Crippen LogP contribution in [0.3, 0.4) is 0 Å². The van der Waals surface area contributed by atoms with E-state index in [4.69, 9.17) is 9.47 Å². The minimum Gasteiger partial charge on any atom is -0.493 e. The number of hydrogen-bond donors (Lipinski definition) is 1. The number of carbonyl (C=O) groups excluding carboxylic acids is 1. The molecule has 1 amide bonds. The topological polar surface area (TPSA) is 60.5 Å². The van der Waals surface area contributed by atoms with E-state index >= 15 is 0 Å². The highest BCUT2D eigenvalue weighted by Crippen LogP contribution is 2.29. The summed E-state index contributed by atoms with van der Waals surface area (Å²) in [6.45, 7) is 3.88. The number of hydrogen-bond acceptors (Lipinski definition) is 5. The van der Waals surface area contributed by atoms with E-state index in [1.165, 1.54) is 16.9 Å². The van der Waals surface area contributed by atoms with E-state index in [1.54, 1.807) is 31.5 Å². The lowest BCUT2D eigenvalue weighted by Crippen LogP contribution is -2.12. The SMILES string of the molecule is COc1cc(C(=O)Nc2ncc(Cc3ccccc3)s2)ccc1OC(C)C. The molecule has 1 aromatic heterocycles. The zero-order valence-electron chi connectivity index (χ0n) is 15.6. The largest absolute Gasteiger partial charge is 0.493 e. The number of nitrogens with one attached hydrogen (secondary N) is 1. The van der Waals surface area contributed by atoms with Crippen molar-refractivity contribution in [3.05, 3.63) is 70.7 Å². The van der Waals surface area contributed by atoms with E-state index < -0.39 is 0 Å². The Kier molecular flexibility index (Phi) is 6.08. The first-order chi connectivity index (χ1) is 13.0. The number of ether oxygens (including phenoxy) is 2.